The smallest absolute Gasteiger partial charge is 0.250 e. The molecule has 0 bridgehead atoms. The van der Waals surface area contributed by atoms with Crippen LogP contribution in [0.2, 0.25) is 0 Å². The lowest BCUT2D eigenvalue weighted by Crippen LogP contribution is -2.49. The van der Waals surface area contributed by atoms with E-state index in [1.54, 1.807) is 4.90 Å². The van der Waals surface area contributed by atoms with Gasteiger partial charge in [-0.2, -0.15) is 0 Å². The summed E-state index contributed by atoms with van der Waals surface area (Å²) >= 11 is 0. The van der Waals surface area contributed by atoms with E-state index in [0.29, 0.717) is 6.54 Å². The van der Waals surface area contributed by atoms with Crippen LogP contribution in [0, 0.1) is 18.3 Å². The molecule has 1 aromatic rings. The summed E-state index contributed by atoms with van der Waals surface area (Å²) in [5.74, 6) is 2.83. The lowest BCUT2D eigenvalue weighted by molar-refractivity contribution is -0.120. The van der Waals surface area contributed by atoms with Gasteiger partial charge in [-0.15, -0.1) is 6.42 Å². The molecule has 3 nitrogen and oxygen atoms in total. The van der Waals surface area contributed by atoms with Gasteiger partial charge in [0.15, 0.2) is 0 Å². The highest BCUT2D eigenvalue weighted by molar-refractivity contribution is 6.05. The van der Waals surface area contributed by atoms with Gasteiger partial charge in [0, 0.05) is 0 Å². The number of carbonyl (C=O) groups excluding carboxylic acids is 1. The monoisotopic (exact) mass is 228 g/mol. The summed E-state index contributed by atoms with van der Waals surface area (Å²) in [5, 5.41) is 3.27. The Balaban J connectivity index is 2.43. The summed E-state index contributed by atoms with van der Waals surface area (Å²) in [6.07, 6.45) is 5.34. The van der Waals surface area contributed by atoms with Crippen molar-refractivity contribution in [3.8, 4) is 12.3 Å². The second kappa shape index (κ2) is 4.50. The number of benzene rings is 1. The molecule has 0 radical (unpaired) electrons. The topological polar surface area (TPSA) is 32.3 Å². The Hall–Kier alpha value is -1.95. The molecule has 2 rings (SSSR count). The summed E-state index contributed by atoms with van der Waals surface area (Å²) in [6, 6.07) is 7.55. The third-order valence-electron chi connectivity index (χ3n) is 2.95. The van der Waals surface area contributed by atoms with Crippen molar-refractivity contribution in [2.45, 2.75) is 19.9 Å². The molecule has 1 atom stereocenters. The molecular weight excluding hydrogens is 212 g/mol. The fourth-order valence-electron chi connectivity index (χ4n) is 2.05. The van der Waals surface area contributed by atoms with Crippen LogP contribution in [-0.2, 0) is 4.79 Å². The van der Waals surface area contributed by atoms with Crippen LogP contribution in [0.3, 0.4) is 0 Å². The highest BCUT2D eigenvalue weighted by atomic mass is 16.2. The van der Waals surface area contributed by atoms with Crippen LogP contribution < -0.4 is 10.2 Å². The first-order chi connectivity index (χ1) is 8.15. The van der Waals surface area contributed by atoms with Crippen LogP contribution in [0.1, 0.15) is 13.8 Å². The summed E-state index contributed by atoms with van der Waals surface area (Å²) in [7, 11) is 0. The van der Waals surface area contributed by atoms with Crippen LogP contribution in [-0.4, -0.2) is 18.5 Å². The number of nitrogens with zero attached hydrogens (tertiary/aromatic N) is 1. The predicted molar refractivity (Wildman–Crippen MR) is 69.9 cm³/mol. The Kier molecular flexibility index (Phi) is 3.06. The predicted octanol–water partition coefficient (Wildman–Crippen LogP) is 2.10. The molecule has 1 amide bonds. The Morgan fingerprint density at radius 3 is 2.82 bits per heavy atom. The van der Waals surface area contributed by atoms with E-state index in [1.165, 1.54) is 0 Å². The number of fused-ring (bicyclic) bond motifs is 1. The fourth-order valence-corrected chi connectivity index (χ4v) is 2.05. The van der Waals surface area contributed by atoms with E-state index in [0.717, 1.165) is 11.4 Å². The van der Waals surface area contributed by atoms with Crippen LogP contribution >= 0.6 is 0 Å². The first-order valence-electron chi connectivity index (χ1n) is 5.75. The van der Waals surface area contributed by atoms with E-state index in [2.05, 4.69) is 11.2 Å². The molecule has 1 unspecified atom stereocenters. The minimum Gasteiger partial charge on any atom is -0.372 e. The number of anilines is 2. The molecule has 0 spiro atoms. The minimum absolute atomic E-state index is 0.0525. The van der Waals surface area contributed by atoms with Crippen LogP contribution in [0.5, 0.6) is 0 Å². The van der Waals surface area contributed by atoms with Crippen LogP contribution in [0.15, 0.2) is 24.3 Å². The number of hydrogen-bond acceptors (Lipinski definition) is 2. The molecular formula is C14H16N2O. The van der Waals surface area contributed by atoms with Crippen LogP contribution in [0.25, 0.3) is 0 Å². The van der Waals surface area contributed by atoms with Crippen molar-refractivity contribution in [1.82, 2.24) is 0 Å². The zero-order chi connectivity index (χ0) is 12.4. The number of rotatable bonds is 2. The number of nitrogens with one attached hydrogen (secondary N) is 1. The molecule has 1 aromatic carbocycles. The summed E-state index contributed by atoms with van der Waals surface area (Å²) < 4.78 is 0. The van der Waals surface area contributed by atoms with E-state index in [1.807, 2.05) is 38.1 Å². The molecule has 0 aromatic heterocycles. The molecule has 0 saturated heterocycles. The quantitative estimate of drug-likeness (QED) is 0.786. The largest absolute Gasteiger partial charge is 0.372 e. The molecule has 0 fully saturated rings. The molecule has 1 heterocycles. The Labute approximate surface area is 102 Å². The summed E-state index contributed by atoms with van der Waals surface area (Å²) in [4.78, 5) is 14.0. The van der Waals surface area contributed by atoms with Gasteiger partial charge in [0.05, 0.1) is 17.9 Å². The molecule has 1 aliphatic rings. The van der Waals surface area contributed by atoms with Crippen molar-refractivity contribution in [3.63, 3.8) is 0 Å². The fraction of sp³-hybridized carbons (Fsp3) is 0.357. The van der Waals surface area contributed by atoms with Crippen molar-refractivity contribution in [2.24, 2.45) is 5.92 Å². The van der Waals surface area contributed by atoms with E-state index in [-0.39, 0.29) is 17.9 Å². The highest BCUT2D eigenvalue weighted by Crippen LogP contribution is 2.32. The molecule has 0 aliphatic carbocycles. The van der Waals surface area contributed by atoms with Crippen molar-refractivity contribution in [1.29, 1.82) is 0 Å². The minimum atomic E-state index is -0.196. The third kappa shape index (κ3) is 1.99. The van der Waals surface area contributed by atoms with Crippen molar-refractivity contribution in [3.05, 3.63) is 24.3 Å². The van der Waals surface area contributed by atoms with Crippen molar-refractivity contribution in [2.75, 3.05) is 16.8 Å². The van der Waals surface area contributed by atoms with Gasteiger partial charge >= 0.3 is 0 Å². The number of hydrogen-bond donors (Lipinski definition) is 1. The normalized spacial score (nSPS) is 18.6. The summed E-state index contributed by atoms with van der Waals surface area (Å²) in [6.45, 7) is 4.37. The number of para-hydroxylation sites is 2. The van der Waals surface area contributed by atoms with E-state index in [4.69, 9.17) is 6.42 Å². The lowest BCUT2D eigenvalue weighted by atomic mass is 9.99. The van der Waals surface area contributed by atoms with Gasteiger partial charge in [-0.1, -0.05) is 31.9 Å². The molecule has 17 heavy (non-hydrogen) atoms. The van der Waals surface area contributed by atoms with Gasteiger partial charge in [0.25, 0.3) is 5.91 Å². The van der Waals surface area contributed by atoms with Gasteiger partial charge < -0.3 is 5.32 Å². The lowest BCUT2D eigenvalue weighted by Gasteiger charge is -2.36. The number of amides is 1. The maximum atomic E-state index is 12.3. The van der Waals surface area contributed by atoms with Crippen molar-refractivity contribution < 1.29 is 4.79 Å². The summed E-state index contributed by atoms with van der Waals surface area (Å²) in [5.41, 5.74) is 1.84. The average molecular weight is 228 g/mol. The zero-order valence-corrected chi connectivity index (χ0v) is 10.1. The van der Waals surface area contributed by atoms with E-state index < -0.39 is 0 Å². The van der Waals surface area contributed by atoms with Gasteiger partial charge in [-0.05, 0) is 18.1 Å². The zero-order valence-electron chi connectivity index (χ0n) is 10.1. The van der Waals surface area contributed by atoms with Crippen molar-refractivity contribution >= 4 is 17.3 Å². The van der Waals surface area contributed by atoms with E-state index >= 15 is 0 Å². The molecule has 1 N–H and O–H groups in total. The van der Waals surface area contributed by atoms with Crippen LogP contribution in [0.4, 0.5) is 11.4 Å². The maximum Gasteiger partial charge on any atom is 0.250 e. The van der Waals surface area contributed by atoms with Gasteiger partial charge in [0.1, 0.15) is 6.04 Å². The third-order valence-corrected chi connectivity index (χ3v) is 2.95. The molecule has 0 saturated carbocycles. The Morgan fingerprint density at radius 1 is 1.47 bits per heavy atom. The van der Waals surface area contributed by atoms with E-state index in [9.17, 15) is 4.79 Å². The maximum absolute atomic E-state index is 12.3. The standard InChI is InChI=1S/C14H16N2O/c1-4-9-16-12-8-6-5-7-11(12)15-13(10(2)3)14(16)17/h1,5-8,10,13,15H,9H2,2-3H3. The average Bonchev–Trinajstić information content (AvgIpc) is 2.32. The Morgan fingerprint density at radius 2 is 2.18 bits per heavy atom. The molecule has 3 heteroatoms. The van der Waals surface area contributed by atoms with Gasteiger partial charge in [0.2, 0.25) is 0 Å². The highest BCUT2D eigenvalue weighted by Gasteiger charge is 2.33. The van der Waals surface area contributed by atoms with Gasteiger partial charge in [-0.3, -0.25) is 9.69 Å². The second-order valence-corrected chi connectivity index (χ2v) is 4.51. The first-order valence-corrected chi connectivity index (χ1v) is 5.75. The molecule has 1 aliphatic heterocycles. The van der Waals surface area contributed by atoms with Gasteiger partial charge in [-0.25, -0.2) is 0 Å². The number of carbonyl (C=O) groups is 1. The second-order valence-electron chi connectivity index (χ2n) is 4.51. The number of terminal acetylenes is 1. The Bertz CT molecular complexity index is 473. The first kappa shape index (κ1) is 11.5. The molecule has 88 valence electrons. The SMILES string of the molecule is C#CCN1C(=O)C(C(C)C)Nc2ccccc21.